The Morgan fingerprint density at radius 3 is 2.52 bits per heavy atom. The quantitative estimate of drug-likeness (QED) is 0.828. The highest BCUT2D eigenvalue weighted by molar-refractivity contribution is 5.89. The molecule has 7 nitrogen and oxygen atoms in total. The lowest BCUT2D eigenvalue weighted by Gasteiger charge is -2.25. The van der Waals surface area contributed by atoms with Gasteiger partial charge in [0.25, 0.3) is 0 Å². The van der Waals surface area contributed by atoms with Crippen molar-refractivity contribution in [2.45, 2.75) is 27.2 Å². The SMILES string of the molecule is CCN(CC)C(=O)CN1CCCN(C(=O)Nc2ccc(OC)c(C)c2)CC1. The fourth-order valence-electron chi connectivity index (χ4n) is 3.36. The molecule has 1 aliphatic rings. The van der Waals surface area contributed by atoms with Crippen molar-refractivity contribution in [2.75, 3.05) is 58.2 Å². The molecular weight excluding hydrogens is 344 g/mol. The zero-order chi connectivity index (χ0) is 19.8. The number of benzene rings is 1. The summed E-state index contributed by atoms with van der Waals surface area (Å²) < 4.78 is 5.25. The topological polar surface area (TPSA) is 65.1 Å². The van der Waals surface area contributed by atoms with Gasteiger partial charge >= 0.3 is 6.03 Å². The molecular formula is C20H32N4O3. The molecule has 1 N–H and O–H groups in total. The van der Waals surface area contributed by atoms with Gasteiger partial charge in [-0.15, -0.1) is 0 Å². The molecule has 1 aromatic carbocycles. The number of urea groups is 1. The number of methoxy groups -OCH3 is 1. The van der Waals surface area contributed by atoms with E-state index in [4.69, 9.17) is 4.74 Å². The standard InChI is InChI=1S/C20H32N4O3/c1-5-23(6-2)19(25)15-22-10-7-11-24(13-12-22)20(26)21-17-8-9-18(27-4)16(3)14-17/h8-9,14H,5-7,10-13,15H2,1-4H3,(H,21,26). The molecule has 0 saturated carbocycles. The highest BCUT2D eigenvalue weighted by Gasteiger charge is 2.22. The van der Waals surface area contributed by atoms with Gasteiger partial charge in [-0.25, -0.2) is 4.79 Å². The molecule has 1 aromatic rings. The summed E-state index contributed by atoms with van der Waals surface area (Å²) >= 11 is 0. The summed E-state index contributed by atoms with van der Waals surface area (Å²) in [7, 11) is 1.63. The van der Waals surface area contributed by atoms with Crippen LogP contribution in [0.3, 0.4) is 0 Å². The number of hydrogen-bond acceptors (Lipinski definition) is 4. The van der Waals surface area contributed by atoms with E-state index in [1.807, 2.05) is 48.8 Å². The molecule has 0 aromatic heterocycles. The van der Waals surface area contributed by atoms with E-state index in [1.165, 1.54) is 0 Å². The van der Waals surface area contributed by atoms with E-state index in [-0.39, 0.29) is 11.9 Å². The third-order valence-electron chi connectivity index (χ3n) is 5.00. The minimum absolute atomic E-state index is 0.100. The summed E-state index contributed by atoms with van der Waals surface area (Å²) in [5.74, 6) is 0.961. The number of ether oxygens (including phenoxy) is 1. The number of nitrogens with zero attached hydrogens (tertiary/aromatic N) is 3. The molecule has 27 heavy (non-hydrogen) atoms. The van der Waals surface area contributed by atoms with E-state index < -0.39 is 0 Å². The number of carbonyl (C=O) groups is 2. The van der Waals surface area contributed by atoms with Crippen LogP contribution < -0.4 is 10.1 Å². The molecule has 1 saturated heterocycles. The van der Waals surface area contributed by atoms with E-state index in [1.54, 1.807) is 7.11 Å². The molecule has 150 valence electrons. The molecule has 0 aliphatic carbocycles. The van der Waals surface area contributed by atoms with Crippen molar-refractivity contribution in [1.82, 2.24) is 14.7 Å². The van der Waals surface area contributed by atoms with Crippen LogP contribution in [-0.2, 0) is 4.79 Å². The summed E-state index contributed by atoms with van der Waals surface area (Å²) in [4.78, 5) is 30.7. The first-order valence-electron chi connectivity index (χ1n) is 9.69. The van der Waals surface area contributed by atoms with Gasteiger partial charge < -0.3 is 19.9 Å². The monoisotopic (exact) mass is 376 g/mol. The predicted molar refractivity (Wildman–Crippen MR) is 107 cm³/mol. The normalized spacial score (nSPS) is 15.2. The first kappa shape index (κ1) is 21.0. The van der Waals surface area contributed by atoms with Crippen LogP contribution in [0.25, 0.3) is 0 Å². The second-order valence-electron chi connectivity index (χ2n) is 6.80. The second kappa shape index (κ2) is 10.2. The number of hydrogen-bond donors (Lipinski definition) is 1. The van der Waals surface area contributed by atoms with Gasteiger partial charge in [-0.1, -0.05) is 0 Å². The van der Waals surface area contributed by atoms with Gasteiger partial charge in [0.05, 0.1) is 13.7 Å². The summed E-state index contributed by atoms with van der Waals surface area (Å²) in [6.07, 6.45) is 0.862. The molecule has 7 heteroatoms. The highest BCUT2D eigenvalue weighted by atomic mass is 16.5. The fraction of sp³-hybridized carbons (Fsp3) is 0.600. The first-order valence-corrected chi connectivity index (χ1v) is 9.69. The van der Waals surface area contributed by atoms with E-state index >= 15 is 0 Å². The number of likely N-dealkylation sites (N-methyl/N-ethyl adjacent to an activating group) is 1. The third-order valence-corrected chi connectivity index (χ3v) is 5.00. The van der Waals surface area contributed by atoms with Crippen molar-refractivity contribution in [3.05, 3.63) is 23.8 Å². The van der Waals surface area contributed by atoms with Crippen molar-refractivity contribution < 1.29 is 14.3 Å². The Hall–Kier alpha value is -2.28. The van der Waals surface area contributed by atoms with Gasteiger partial charge in [0, 0.05) is 45.0 Å². The number of amides is 3. The summed E-state index contributed by atoms with van der Waals surface area (Å²) in [6, 6.07) is 5.50. The van der Waals surface area contributed by atoms with Crippen LogP contribution in [0.1, 0.15) is 25.8 Å². The number of nitrogens with one attached hydrogen (secondary N) is 1. The second-order valence-corrected chi connectivity index (χ2v) is 6.80. The fourth-order valence-corrected chi connectivity index (χ4v) is 3.36. The first-order chi connectivity index (χ1) is 13.0. The highest BCUT2D eigenvalue weighted by Crippen LogP contribution is 2.21. The maximum atomic E-state index is 12.6. The molecule has 0 atom stereocenters. The predicted octanol–water partition coefficient (Wildman–Crippen LogP) is 2.41. The molecule has 0 unspecified atom stereocenters. The van der Waals surface area contributed by atoms with E-state index in [0.29, 0.717) is 26.2 Å². The van der Waals surface area contributed by atoms with Crippen LogP contribution in [0.15, 0.2) is 18.2 Å². The van der Waals surface area contributed by atoms with E-state index in [9.17, 15) is 9.59 Å². The van der Waals surface area contributed by atoms with Crippen LogP contribution in [0.5, 0.6) is 5.75 Å². The lowest BCUT2D eigenvalue weighted by molar-refractivity contribution is -0.132. The van der Waals surface area contributed by atoms with Crippen molar-refractivity contribution in [3.63, 3.8) is 0 Å². The largest absolute Gasteiger partial charge is 0.496 e. The van der Waals surface area contributed by atoms with Gasteiger partial charge in [0.1, 0.15) is 5.75 Å². The molecule has 0 radical (unpaired) electrons. The Labute approximate surface area is 162 Å². The van der Waals surface area contributed by atoms with Crippen LogP contribution in [-0.4, -0.2) is 79.6 Å². The van der Waals surface area contributed by atoms with E-state index in [2.05, 4.69) is 10.2 Å². The summed E-state index contributed by atoms with van der Waals surface area (Å²) in [6.45, 7) is 10.7. The Morgan fingerprint density at radius 2 is 1.89 bits per heavy atom. The maximum absolute atomic E-state index is 12.6. The lowest BCUT2D eigenvalue weighted by atomic mass is 10.2. The zero-order valence-electron chi connectivity index (χ0n) is 17.0. The van der Waals surface area contributed by atoms with Gasteiger partial charge in [0.15, 0.2) is 0 Å². The van der Waals surface area contributed by atoms with Crippen LogP contribution in [0.2, 0.25) is 0 Å². The van der Waals surface area contributed by atoms with Crippen molar-refractivity contribution in [1.29, 1.82) is 0 Å². The zero-order valence-corrected chi connectivity index (χ0v) is 17.0. The third kappa shape index (κ3) is 5.85. The van der Waals surface area contributed by atoms with Crippen molar-refractivity contribution >= 4 is 17.6 Å². The number of carbonyl (C=O) groups excluding carboxylic acids is 2. The minimum Gasteiger partial charge on any atom is -0.496 e. The number of anilines is 1. The molecule has 1 aliphatic heterocycles. The van der Waals surface area contributed by atoms with Crippen molar-refractivity contribution in [3.8, 4) is 5.75 Å². The molecule has 1 fully saturated rings. The molecule has 3 amide bonds. The summed E-state index contributed by atoms with van der Waals surface area (Å²) in [5, 5.41) is 2.96. The Bertz CT molecular complexity index is 646. The van der Waals surface area contributed by atoms with Gasteiger partial charge in [0.2, 0.25) is 5.91 Å². The van der Waals surface area contributed by atoms with Crippen LogP contribution in [0, 0.1) is 6.92 Å². The Kier molecular flexibility index (Phi) is 7.91. The average molecular weight is 377 g/mol. The maximum Gasteiger partial charge on any atom is 0.321 e. The van der Waals surface area contributed by atoms with Crippen LogP contribution in [0.4, 0.5) is 10.5 Å². The van der Waals surface area contributed by atoms with Gasteiger partial charge in [-0.3, -0.25) is 9.69 Å². The number of aryl methyl sites for hydroxylation is 1. The smallest absolute Gasteiger partial charge is 0.321 e. The minimum atomic E-state index is -0.100. The number of rotatable bonds is 6. The summed E-state index contributed by atoms with van der Waals surface area (Å²) in [5.41, 5.74) is 1.74. The van der Waals surface area contributed by atoms with Crippen molar-refractivity contribution in [2.24, 2.45) is 0 Å². The Morgan fingerprint density at radius 1 is 1.15 bits per heavy atom. The Balaban J connectivity index is 1.88. The molecule has 0 spiro atoms. The molecule has 0 bridgehead atoms. The van der Waals surface area contributed by atoms with E-state index in [0.717, 1.165) is 43.1 Å². The molecule has 2 rings (SSSR count). The molecule has 1 heterocycles. The van der Waals surface area contributed by atoms with Crippen LogP contribution >= 0.6 is 0 Å². The lowest BCUT2D eigenvalue weighted by Crippen LogP contribution is -2.42. The average Bonchev–Trinajstić information content (AvgIpc) is 2.88. The van der Waals surface area contributed by atoms with Gasteiger partial charge in [-0.05, 0) is 51.0 Å². The van der Waals surface area contributed by atoms with Gasteiger partial charge in [-0.2, -0.15) is 0 Å².